The van der Waals surface area contributed by atoms with Gasteiger partial charge in [-0.3, -0.25) is 25.0 Å². The molecule has 3 aromatic carbocycles. The number of nitrogens with one attached hydrogen (secondary N) is 2. The number of aliphatic carboxylic acids is 1. The molecular formula is C25H20N4O5S3. The Morgan fingerprint density at radius 1 is 1.19 bits per heavy atom. The first-order chi connectivity index (χ1) is 17.8. The van der Waals surface area contributed by atoms with Crippen LogP contribution < -0.4 is 10.6 Å². The van der Waals surface area contributed by atoms with Gasteiger partial charge in [-0.25, -0.2) is 4.98 Å². The van der Waals surface area contributed by atoms with Gasteiger partial charge in [0.25, 0.3) is 11.6 Å². The minimum absolute atomic E-state index is 0.0610. The van der Waals surface area contributed by atoms with E-state index in [9.17, 15) is 24.8 Å². The Morgan fingerprint density at radius 3 is 2.73 bits per heavy atom. The summed E-state index contributed by atoms with van der Waals surface area (Å²) in [7, 11) is 0. The van der Waals surface area contributed by atoms with Crippen molar-refractivity contribution in [1.29, 1.82) is 0 Å². The molecule has 188 valence electrons. The first-order valence-corrected chi connectivity index (χ1v) is 13.8. The van der Waals surface area contributed by atoms with Crippen molar-refractivity contribution in [3.05, 3.63) is 87.5 Å². The van der Waals surface area contributed by atoms with Gasteiger partial charge in [0, 0.05) is 23.1 Å². The summed E-state index contributed by atoms with van der Waals surface area (Å²) in [5.74, 6) is -0.745. The number of thiazole rings is 1. The van der Waals surface area contributed by atoms with Crippen molar-refractivity contribution in [1.82, 2.24) is 10.3 Å². The lowest BCUT2D eigenvalue weighted by molar-refractivity contribution is -0.387. The molecule has 5 rings (SSSR count). The molecule has 37 heavy (non-hydrogen) atoms. The van der Waals surface area contributed by atoms with E-state index < -0.39 is 16.9 Å². The van der Waals surface area contributed by atoms with E-state index in [1.165, 1.54) is 40.9 Å². The van der Waals surface area contributed by atoms with Gasteiger partial charge in [-0.05, 0) is 48.4 Å². The molecular weight excluding hydrogens is 532 g/mol. The monoisotopic (exact) mass is 552 g/mol. The molecule has 1 aliphatic rings. The summed E-state index contributed by atoms with van der Waals surface area (Å²) >= 11 is 3.99. The number of aromatic nitrogens is 1. The van der Waals surface area contributed by atoms with Crippen molar-refractivity contribution in [2.75, 3.05) is 11.1 Å². The van der Waals surface area contributed by atoms with E-state index in [0.29, 0.717) is 31.8 Å². The predicted octanol–water partition coefficient (Wildman–Crippen LogP) is 5.70. The molecule has 9 nitrogen and oxygen atoms in total. The van der Waals surface area contributed by atoms with Gasteiger partial charge in [-0.1, -0.05) is 36.0 Å². The summed E-state index contributed by atoms with van der Waals surface area (Å²) in [5.41, 5.74) is 3.44. The number of carbonyl (C=O) groups is 2. The van der Waals surface area contributed by atoms with Crippen molar-refractivity contribution in [3.8, 4) is 0 Å². The maximum atomic E-state index is 12.7. The fourth-order valence-corrected chi connectivity index (χ4v) is 7.25. The van der Waals surface area contributed by atoms with Gasteiger partial charge in [0.2, 0.25) is 0 Å². The number of fused-ring (bicyclic) bond motifs is 1. The quantitative estimate of drug-likeness (QED) is 0.195. The number of rotatable bonds is 7. The number of aryl methyl sites for hydroxylation is 1. The van der Waals surface area contributed by atoms with Crippen molar-refractivity contribution in [3.63, 3.8) is 0 Å². The van der Waals surface area contributed by atoms with Crippen molar-refractivity contribution in [2.45, 2.75) is 27.6 Å². The van der Waals surface area contributed by atoms with Gasteiger partial charge in [0.15, 0.2) is 4.34 Å². The zero-order chi connectivity index (χ0) is 26.1. The zero-order valence-electron chi connectivity index (χ0n) is 19.3. The molecule has 1 amide bonds. The van der Waals surface area contributed by atoms with Crippen molar-refractivity contribution >= 4 is 68.3 Å². The molecule has 1 saturated heterocycles. The van der Waals surface area contributed by atoms with Crippen molar-refractivity contribution in [2.24, 2.45) is 0 Å². The first-order valence-electron chi connectivity index (χ1n) is 11.1. The molecule has 3 N–H and O–H groups in total. The number of hydrogen-bond acceptors (Lipinski definition) is 9. The molecule has 1 aromatic heterocycles. The molecule has 4 aromatic rings. The SMILES string of the molecule is Cc1ccccc1C(=O)Nc1ccc2nc(Sc3ccc([C@@H]4N[C@@H](C(=O)O)CS4)cc3[N+](=O)[O-])sc2c1. The second kappa shape index (κ2) is 10.5. The standard InChI is InChI=1S/C25H20N4O5S3/c1-13-4-2-3-5-16(13)22(30)26-15-7-8-17-21(11-15)37-25(28-17)36-20-9-6-14(10-19(20)29(33)34)23-27-18(12-35-23)24(31)32/h2-11,18,23,27H,12H2,1H3,(H,26,30)(H,31,32)/t18-,23-/m1/s1. The van der Waals surface area contributed by atoms with Crippen LogP contribution in [0, 0.1) is 17.0 Å². The third-order valence-electron chi connectivity index (χ3n) is 5.78. The van der Waals surface area contributed by atoms with Crippen LogP contribution in [-0.4, -0.2) is 38.7 Å². The van der Waals surface area contributed by atoms with Crippen molar-refractivity contribution < 1.29 is 19.6 Å². The molecule has 2 heterocycles. The number of thioether (sulfide) groups is 1. The summed E-state index contributed by atoms with van der Waals surface area (Å²) < 4.78 is 1.48. The molecule has 0 radical (unpaired) electrons. The Labute approximate surface area is 223 Å². The van der Waals surface area contributed by atoms with Crippen LogP contribution in [0.5, 0.6) is 0 Å². The Kier molecular flexibility index (Phi) is 7.15. The highest BCUT2D eigenvalue weighted by molar-refractivity contribution is 8.01. The fraction of sp³-hybridized carbons (Fsp3) is 0.160. The third-order valence-corrected chi connectivity index (χ3v) is 9.19. The minimum atomic E-state index is -0.939. The number of hydrogen-bond donors (Lipinski definition) is 3. The molecule has 0 aliphatic carbocycles. The lowest BCUT2D eigenvalue weighted by Gasteiger charge is -2.12. The maximum Gasteiger partial charge on any atom is 0.321 e. The second-order valence-electron chi connectivity index (χ2n) is 8.29. The van der Waals surface area contributed by atoms with Gasteiger partial charge in [0.1, 0.15) is 6.04 Å². The fourth-order valence-electron chi connectivity index (χ4n) is 3.88. The normalized spacial score (nSPS) is 17.1. The number of anilines is 1. The molecule has 0 spiro atoms. The predicted molar refractivity (Wildman–Crippen MR) is 146 cm³/mol. The first kappa shape index (κ1) is 25.2. The van der Waals surface area contributed by atoms with E-state index in [2.05, 4.69) is 15.6 Å². The minimum Gasteiger partial charge on any atom is -0.480 e. The average Bonchev–Trinajstić information content (AvgIpc) is 3.51. The summed E-state index contributed by atoms with van der Waals surface area (Å²) in [6.45, 7) is 1.88. The van der Waals surface area contributed by atoms with Gasteiger partial charge in [0.05, 0.1) is 25.4 Å². The summed E-state index contributed by atoms with van der Waals surface area (Å²) in [6, 6.07) is 17.0. The third kappa shape index (κ3) is 5.47. The molecule has 0 bridgehead atoms. The van der Waals surface area contributed by atoms with Crippen LogP contribution in [0.1, 0.15) is 26.9 Å². The van der Waals surface area contributed by atoms with E-state index in [1.54, 1.807) is 24.3 Å². The Morgan fingerprint density at radius 2 is 2.00 bits per heavy atom. The van der Waals surface area contributed by atoms with Crippen LogP contribution in [0.3, 0.4) is 0 Å². The largest absolute Gasteiger partial charge is 0.480 e. The number of nitro groups is 1. The smallest absolute Gasteiger partial charge is 0.321 e. The molecule has 1 fully saturated rings. The number of carboxylic acid groups (broad SMARTS) is 1. The molecule has 1 aliphatic heterocycles. The van der Waals surface area contributed by atoms with Crippen LogP contribution in [0.4, 0.5) is 11.4 Å². The number of carbonyl (C=O) groups excluding carboxylic acids is 1. The number of nitrogens with zero attached hydrogens (tertiary/aromatic N) is 2. The summed E-state index contributed by atoms with van der Waals surface area (Å²) in [6.07, 6.45) is 0. The maximum absolute atomic E-state index is 12.7. The molecule has 12 heteroatoms. The Balaban J connectivity index is 1.35. The average molecular weight is 553 g/mol. The Bertz CT molecular complexity index is 1540. The van der Waals surface area contributed by atoms with Crippen LogP contribution in [0.2, 0.25) is 0 Å². The van der Waals surface area contributed by atoms with Gasteiger partial charge >= 0.3 is 5.97 Å². The van der Waals surface area contributed by atoms with E-state index in [4.69, 9.17) is 0 Å². The second-order valence-corrected chi connectivity index (χ2v) is 11.7. The lowest BCUT2D eigenvalue weighted by atomic mass is 10.1. The lowest BCUT2D eigenvalue weighted by Crippen LogP contribution is -2.33. The van der Waals surface area contributed by atoms with Gasteiger partial charge in [-0.2, -0.15) is 0 Å². The number of nitro benzene ring substituents is 1. The summed E-state index contributed by atoms with van der Waals surface area (Å²) in [5, 5.41) is 26.6. The van der Waals surface area contributed by atoms with Crippen LogP contribution in [0.15, 0.2) is 69.9 Å². The van der Waals surface area contributed by atoms with E-state index in [0.717, 1.165) is 15.8 Å². The van der Waals surface area contributed by atoms with E-state index in [1.807, 2.05) is 37.3 Å². The molecule has 0 saturated carbocycles. The number of amides is 1. The number of benzene rings is 3. The summed E-state index contributed by atoms with van der Waals surface area (Å²) in [4.78, 5) is 40.3. The Hall–Kier alpha value is -3.45. The van der Waals surface area contributed by atoms with Crippen LogP contribution in [-0.2, 0) is 4.79 Å². The molecule has 2 atom stereocenters. The van der Waals surface area contributed by atoms with Gasteiger partial charge < -0.3 is 10.4 Å². The highest BCUT2D eigenvalue weighted by Gasteiger charge is 2.31. The molecule has 0 unspecified atom stereocenters. The van der Waals surface area contributed by atoms with E-state index >= 15 is 0 Å². The highest BCUT2D eigenvalue weighted by atomic mass is 32.2. The van der Waals surface area contributed by atoms with Crippen LogP contribution >= 0.6 is 34.9 Å². The topological polar surface area (TPSA) is 134 Å². The zero-order valence-corrected chi connectivity index (χ0v) is 21.8. The van der Waals surface area contributed by atoms with E-state index in [-0.39, 0.29) is 17.0 Å². The van der Waals surface area contributed by atoms with Gasteiger partial charge in [-0.15, -0.1) is 23.1 Å². The number of carboxylic acids is 1. The highest BCUT2D eigenvalue weighted by Crippen LogP contribution is 2.42. The van der Waals surface area contributed by atoms with Crippen LogP contribution in [0.25, 0.3) is 10.2 Å².